The van der Waals surface area contributed by atoms with Gasteiger partial charge < -0.3 is 4.74 Å². The molecule has 2 nitrogen and oxygen atoms in total. The number of hydrogen-bond acceptors (Lipinski definition) is 2. The Balaban J connectivity index is 3.12. The minimum Gasteiger partial charge on any atom is -0.366 e. The van der Waals surface area contributed by atoms with Crippen LogP contribution in [0.2, 0.25) is 5.02 Å². The van der Waals surface area contributed by atoms with Crippen LogP contribution in [-0.4, -0.2) is 13.4 Å². The minimum absolute atomic E-state index is 0.600. The molecule has 0 aromatic heterocycles. The highest BCUT2D eigenvalue weighted by Crippen LogP contribution is 2.24. The van der Waals surface area contributed by atoms with Gasteiger partial charge in [-0.15, -0.1) is 0 Å². The molecule has 0 aliphatic rings. The van der Waals surface area contributed by atoms with Crippen LogP contribution in [0.25, 0.3) is 0 Å². The Labute approximate surface area is 82.5 Å². The number of carbonyl (C=O) groups is 1. The van der Waals surface area contributed by atoms with Gasteiger partial charge in [0.15, 0.2) is 6.29 Å². The number of ether oxygens (including phenoxy) is 1. The molecule has 0 saturated heterocycles. The van der Waals surface area contributed by atoms with Crippen LogP contribution in [0.4, 0.5) is 0 Å². The minimum atomic E-state index is -0.898. The summed E-state index contributed by atoms with van der Waals surface area (Å²) in [7, 11) is 1.50. The Hall–Kier alpha value is -0.860. The van der Waals surface area contributed by atoms with E-state index in [0.717, 1.165) is 11.8 Å². The molecule has 0 saturated carbocycles. The van der Waals surface area contributed by atoms with Crippen molar-refractivity contribution in [3.05, 3.63) is 34.9 Å². The lowest BCUT2D eigenvalue weighted by Crippen LogP contribution is -2.25. The second-order valence-electron chi connectivity index (χ2n) is 2.94. The number of aldehydes is 1. The molecule has 0 radical (unpaired) electrons. The average Bonchev–Trinajstić information content (AvgIpc) is 2.17. The van der Waals surface area contributed by atoms with Crippen LogP contribution in [0.5, 0.6) is 0 Å². The summed E-state index contributed by atoms with van der Waals surface area (Å²) in [5.41, 5.74) is -0.136. The predicted octanol–water partition coefficient (Wildman–Crippen LogP) is 2.40. The highest BCUT2D eigenvalue weighted by atomic mass is 35.5. The van der Waals surface area contributed by atoms with Gasteiger partial charge in [-0.3, -0.25) is 4.79 Å². The van der Waals surface area contributed by atoms with Gasteiger partial charge in [0.2, 0.25) is 0 Å². The average molecular weight is 199 g/mol. The lowest BCUT2D eigenvalue weighted by atomic mass is 9.98. The third-order valence-electron chi connectivity index (χ3n) is 2.05. The Morgan fingerprint density at radius 2 is 2.23 bits per heavy atom. The van der Waals surface area contributed by atoms with Crippen molar-refractivity contribution in [3.8, 4) is 0 Å². The first kappa shape index (κ1) is 10.2. The number of hydrogen-bond donors (Lipinski definition) is 0. The molecule has 0 aliphatic carbocycles. The summed E-state index contributed by atoms with van der Waals surface area (Å²) in [6, 6.07) is 7.08. The number of methoxy groups -OCH3 is 1. The fourth-order valence-corrected chi connectivity index (χ4v) is 1.22. The lowest BCUT2D eigenvalue weighted by Gasteiger charge is -2.21. The molecule has 0 spiro atoms. The van der Waals surface area contributed by atoms with Crippen molar-refractivity contribution in [2.45, 2.75) is 12.5 Å². The Morgan fingerprint density at radius 3 is 2.69 bits per heavy atom. The number of rotatable bonds is 3. The van der Waals surface area contributed by atoms with E-state index >= 15 is 0 Å². The summed E-state index contributed by atoms with van der Waals surface area (Å²) in [6.07, 6.45) is 0.763. The van der Waals surface area contributed by atoms with E-state index in [9.17, 15) is 4.79 Å². The molecule has 0 bridgehead atoms. The Bertz CT molecular complexity index is 312. The van der Waals surface area contributed by atoms with E-state index in [1.165, 1.54) is 7.11 Å². The molecular weight excluding hydrogens is 188 g/mol. The quantitative estimate of drug-likeness (QED) is 0.698. The van der Waals surface area contributed by atoms with Crippen molar-refractivity contribution >= 4 is 17.9 Å². The maximum Gasteiger partial charge on any atom is 0.156 e. The zero-order valence-corrected chi connectivity index (χ0v) is 8.34. The van der Waals surface area contributed by atoms with Gasteiger partial charge in [-0.2, -0.15) is 0 Å². The molecule has 0 amide bonds. The summed E-state index contributed by atoms with van der Waals surface area (Å²) in [4.78, 5) is 10.8. The maximum absolute atomic E-state index is 10.8. The molecule has 0 heterocycles. The van der Waals surface area contributed by atoms with E-state index < -0.39 is 5.60 Å². The van der Waals surface area contributed by atoms with E-state index in [2.05, 4.69) is 0 Å². The normalized spacial score (nSPS) is 15.0. The van der Waals surface area contributed by atoms with Crippen molar-refractivity contribution in [2.75, 3.05) is 7.11 Å². The molecule has 1 aromatic carbocycles. The summed E-state index contributed by atoms with van der Waals surface area (Å²) < 4.78 is 5.10. The third kappa shape index (κ3) is 2.08. The highest BCUT2D eigenvalue weighted by molar-refractivity contribution is 6.30. The fraction of sp³-hybridized carbons (Fsp3) is 0.300. The molecule has 1 aromatic rings. The van der Waals surface area contributed by atoms with E-state index in [1.807, 2.05) is 6.07 Å². The van der Waals surface area contributed by atoms with Crippen molar-refractivity contribution in [1.82, 2.24) is 0 Å². The van der Waals surface area contributed by atoms with Crippen molar-refractivity contribution < 1.29 is 9.53 Å². The summed E-state index contributed by atoms with van der Waals surface area (Å²) in [5, 5.41) is 0.600. The Kier molecular flexibility index (Phi) is 3.07. The first-order valence-electron chi connectivity index (χ1n) is 3.90. The lowest BCUT2D eigenvalue weighted by molar-refractivity contribution is -0.126. The van der Waals surface area contributed by atoms with Gasteiger partial charge in [0.1, 0.15) is 5.60 Å². The topological polar surface area (TPSA) is 26.3 Å². The van der Waals surface area contributed by atoms with E-state index in [-0.39, 0.29) is 0 Å². The molecule has 13 heavy (non-hydrogen) atoms. The van der Waals surface area contributed by atoms with Crippen LogP contribution in [-0.2, 0) is 15.1 Å². The molecule has 0 fully saturated rings. The van der Waals surface area contributed by atoms with E-state index in [1.54, 1.807) is 25.1 Å². The van der Waals surface area contributed by atoms with Gasteiger partial charge >= 0.3 is 0 Å². The first-order valence-corrected chi connectivity index (χ1v) is 4.28. The van der Waals surface area contributed by atoms with Crippen LogP contribution in [0, 0.1) is 0 Å². The number of halogens is 1. The van der Waals surface area contributed by atoms with Crippen LogP contribution >= 0.6 is 11.6 Å². The largest absolute Gasteiger partial charge is 0.366 e. The molecule has 70 valence electrons. The number of benzene rings is 1. The molecular formula is C10H11ClO2. The number of carbonyl (C=O) groups excluding carboxylic acids is 1. The standard InChI is InChI=1S/C10H11ClO2/c1-10(7-12,13-2)8-4-3-5-9(11)6-8/h3-7H,1-2H3. The van der Waals surface area contributed by atoms with Gasteiger partial charge in [0.25, 0.3) is 0 Å². The fourth-order valence-electron chi connectivity index (χ4n) is 1.03. The monoisotopic (exact) mass is 198 g/mol. The molecule has 0 aliphatic heterocycles. The van der Waals surface area contributed by atoms with Crippen LogP contribution in [0.1, 0.15) is 12.5 Å². The van der Waals surface area contributed by atoms with E-state index in [0.29, 0.717) is 5.02 Å². The van der Waals surface area contributed by atoms with Gasteiger partial charge in [-0.05, 0) is 24.6 Å². The van der Waals surface area contributed by atoms with Gasteiger partial charge in [-0.25, -0.2) is 0 Å². The van der Waals surface area contributed by atoms with Crippen molar-refractivity contribution in [2.24, 2.45) is 0 Å². The molecule has 0 N–H and O–H groups in total. The SMILES string of the molecule is COC(C)(C=O)c1cccc(Cl)c1. The summed E-state index contributed by atoms with van der Waals surface area (Å²) in [5.74, 6) is 0. The van der Waals surface area contributed by atoms with Gasteiger partial charge in [-0.1, -0.05) is 23.7 Å². The second-order valence-corrected chi connectivity index (χ2v) is 3.38. The van der Waals surface area contributed by atoms with Gasteiger partial charge in [0, 0.05) is 12.1 Å². The highest BCUT2D eigenvalue weighted by Gasteiger charge is 2.25. The summed E-state index contributed by atoms with van der Waals surface area (Å²) in [6.45, 7) is 1.70. The zero-order chi connectivity index (χ0) is 9.90. The third-order valence-corrected chi connectivity index (χ3v) is 2.28. The van der Waals surface area contributed by atoms with Crippen LogP contribution in [0.15, 0.2) is 24.3 Å². The maximum atomic E-state index is 10.8. The molecule has 1 atom stereocenters. The summed E-state index contributed by atoms with van der Waals surface area (Å²) >= 11 is 5.79. The zero-order valence-electron chi connectivity index (χ0n) is 7.58. The van der Waals surface area contributed by atoms with Crippen LogP contribution < -0.4 is 0 Å². The predicted molar refractivity (Wildman–Crippen MR) is 51.9 cm³/mol. The van der Waals surface area contributed by atoms with Gasteiger partial charge in [0.05, 0.1) is 0 Å². The first-order chi connectivity index (χ1) is 6.12. The van der Waals surface area contributed by atoms with Crippen molar-refractivity contribution in [3.63, 3.8) is 0 Å². The smallest absolute Gasteiger partial charge is 0.156 e. The molecule has 1 rings (SSSR count). The Morgan fingerprint density at radius 1 is 1.54 bits per heavy atom. The molecule has 3 heteroatoms. The molecule has 1 unspecified atom stereocenters. The van der Waals surface area contributed by atoms with Crippen molar-refractivity contribution in [1.29, 1.82) is 0 Å². The second kappa shape index (κ2) is 3.90. The van der Waals surface area contributed by atoms with Crippen LogP contribution in [0.3, 0.4) is 0 Å². The van der Waals surface area contributed by atoms with E-state index in [4.69, 9.17) is 16.3 Å².